The highest BCUT2D eigenvalue weighted by Gasteiger charge is 2.18. The minimum atomic E-state index is -0.432. The van der Waals surface area contributed by atoms with Crippen molar-refractivity contribution in [1.29, 1.82) is 0 Å². The van der Waals surface area contributed by atoms with E-state index >= 15 is 0 Å². The van der Waals surface area contributed by atoms with E-state index < -0.39 is 5.82 Å². The van der Waals surface area contributed by atoms with E-state index in [1.165, 1.54) is 0 Å². The summed E-state index contributed by atoms with van der Waals surface area (Å²) in [7, 11) is 3.80. The maximum atomic E-state index is 13.9. The summed E-state index contributed by atoms with van der Waals surface area (Å²) in [6.07, 6.45) is 0. The lowest BCUT2D eigenvalue weighted by Crippen LogP contribution is -2.26. The molecular formula is C12H14BrFN4O. The Hall–Kier alpha value is -1.31. The van der Waals surface area contributed by atoms with Gasteiger partial charge in [0.15, 0.2) is 5.82 Å². The molecule has 0 saturated heterocycles. The number of nitrogens with two attached hydrogens (primary N) is 1. The van der Waals surface area contributed by atoms with Crippen molar-refractivity contribution in [2.75, 3.05) is 20.6 Å². The largest absolute Gasteiger partial charge is 0.334 e. The van der Waals surface area contributed by atoms with E-state index in [0.29, 0.717) is 16.8 Å². The molecular weight excluding hydrogens is 315 g/mol. The summed E-state index contributed by atoms with van der Waals surface area (Å²) in [4.78, 5) is 6.06. The van der Waals surface area contributed by atoms with E-state index in [1.807, 2.05) is 19.0 Å². The van der Waals surface area contributed by atoms with Crippen LogP contribution in [0.5, 0.6) is 0 Å². The first-order valence-electron chi connectivity index (χ1n) is 5.67. The highest BCUT2D eigenvalue weighted by atomic mass is 79.9. The van der Waals surface area contributed by atoms with Crippen molar-refractivity contribution in [3.63, 3.8) is 0 Å². The smallest absolute Gasteiger partial charge is 0.260 e. The van der Waals surface area contributed by atoms with Crippen LogP contribution in [0.1, 0.15) is 11.9 Å². The van der Waals surface area contributed by atoms with Crippen molar-refractivity contribution >= 4 is 15.9 Å². The second-order valence-corrected chi connectivity index (χ2v) is 5.28. The molecule has 2 N–H and O–H groups in total. The van der Waals surface area contributed by atoms with Crippen LogP contribution in [-0.2, 0) is 0 Å². The van der Waals surface area contributed by atoms with Gasteiger partial charge in [0, 0.05) is 6.54 Å². The molecule has 0 aliphatic heterocycles. The van der Waals surface area contributed by atoms with Gasteiger partial charge in [-0.05, 0) is 42.2 Å². The lowest BCUT2D eigenvalue weighted by Gasteiger charge is -2.12. The van der Waals surface area contributed by atoms with E-state index in [9.17, 15) is 4.39 Å². The SMILES string of the molecule is CN(C)CC(N)c1noc(-c2cccc(Br)c2F)n1. The molecule has 1 heterocycles. The van der Waals surface area contributed by atoms with Crippen LogP contribution in [0.15, 0.2) is 27.2 Å². The summed E-state index contributed by atoms with van der Waals surface area (Å²) in [6.45, 7) is 0.583. The summed E-state index contributed by atoms with van der Waals surface area (Å²) < 4.78 is 19.3. The van der Waals surface area contributed by atoms with Crippen LogP contribution in [0.3, 0.4) is 0 Å². The van der Waals surface area contributed by atoms with Crippen LogP contribution in [0.25, 0.3) is 11.5 Å². The van der Waals surface area contributed by atoms with Gasteiger partial charge in [-0.2, -0.15) is 4.98 Å². The van der Waals surface area contributed by atoms with Gasteiger partial charge in [-0.3, -0.25) is 0 Å². The van der Waals surface area contributed by atoms with Gasteiger partial charge in [-0.15, -0.1) is 0 Å². The number of likely N-dealkylation sites (N-methyl/N-ethyl adjacent to an activating group) is 1. The molecule has 0 fully saturated rings. The Morgan fingerprint density at radius 2 is 2.21 bits per heavy atom. The normalized spacial score (nSPS) is 12.9. The van der Waals surface area contributed by atoms with Crippen molar-refractivity contribution in [2.45, 2.75) is 6.04 Å². The molecule has 0 radical (unpaired) electrons. The number of aromatic nitrogens is 2. The molecule has 0 bridgehead atoms. The third-order valence-corrected chi connectivity index (χ3v) is 3.13. The molecule has 1 aromatic heterocycles. The Kier molecular flexibility index (Phi) is 4.28. The van der Waals surface area contributed by atoms with Crippen LogP contribution in [0, 0.1) is 5.82 Å². The minimum absolute atomic E-state index is 0.128. The summed E-state index contributed by atoms with van der Waals surface area (Å²) >= 11 is 3.12. The van der Waals surface area contributed by atoms with E-state index in [2.05, 4.69) is 26.1 Å². The topological polar surface area (TPSA) is 68.2 Å². The second-order valence-electron chi connectivity index (χ2n) is 4.43. The number of benzene rings is 1. The van der Waals surface area contributed by atoms with Crippen LogP contribution >= 0.6 is 15.9 Å². The average molecular weight is 329 g/mol. The van der Waals surface area contributed by atoms with Gasteiger partial charge in [0.2, 0.25) is 0 Å². The number of hydrogen-bond donors (Lipinski definition) is 1. The van der Waals surface area contributed by atoms with Gasteiger partial charge in [-0.25, -0.2) is 4.39 Å². The third kappa shape index (κ3) is 3.17. The van der Waals surface area contributed by atoms with Crippen LogP contribution in [0.4, 0.5) is 4.39 Å². The molecule has 1 unspecified atom stereocenters. The van der Waals surface area contributed by atoms with Crippen LogP contribution < -0.4 is 5.73 Å². The van der Waals surface area contributed by atoms with E-state index in [1.54, 1.807) is 18.2 Å². The van der Waals surface area contributed by atoms with Crippen molar-refractivity contribution in [3.8, 4) is 11.5 Å². The monoisotopic (exact) mass is 328 g/mol. The van der Waals surface area contributed by atoms with Gasteiger partial charge in [0.25, 0.3) is 5.89 Å². The van der Waals surface area contributed by atoms with Crippen molar-refractivity contribution in [2.24, 2.45) is 5.73 Å². The molecule has 19 heavy (non-hydrogen) atoms. The van der Waals surface area contributed by atoms with Gasteiger partial charge in [0.1, 0.15) is 5.82 Å². The number of rotatable bonds is 4. The summed E-state index contributed by atoms with van der Waals surface area (Å²) in [5, 5.41) is 3.80. The average Bonchev–Trinajstić information content (AvgIpc) is 2.81. The van der Waals surface area contributed by atoms with E-state index in [-0.39, 0.29) is 17.5 Å². The molecule has 5 nitrogen and oxygen atoms in total. The molecule has 2 aromatic rings. The second kappa shape index (κ2) is 5.77. The molecule has 2 rings (SSSR count). The Bertz CT molecular complexity index is 573. The van der Waals surface area contributed by atoms with Gasteiger partial charge in [-0.1, -0.05) is 11.2 Å². The van der Waals surface area contributed by atoms with Crippen molar-refractivity contribution < 1.29 is 8.91 Å². The molecule has 0 aliphatic rings. The summed E-state index contributed by atoms with van der Waals surface area (Å²) in [6, 6.07) is 4.51. The molecule has 7 heteroatoms. The highest BCUT2D eigenvalue weighted by Crippen LogP contribution is 2.27. The van der Waals surface area contributed by atoms with Crippen molar-refractivity contribution in [1.82, 2.24) is 15.0 Å². The molecule has 1 atom stereocenters. The predicted octanol–water partition coefficient (Wildman–Crippen LogP) is 2.20. The number of nitrogens with zero attached hydrogens (tertiary/aromatic N) is 3. The molecule has 0 saturated carbocycles. The van der Waals surface area contributed by atoms with E-state index in [4.69, 9.17) is 10.3 Å². The maximum absolute atomic E-state index is 13.9. The van der Waals surface area contributed by atoms with Gasteiger partial charge >= 0.3 is 0 Å². The predicted molar refractivity (Wildman–Crippen MR) is 72.9 cm³/mol. The van der Waals surface area contributed by atoms with Crippen LogP contribution in [-0.4, -0.2) is 35.7 Å². The fraction of sp³-hybridized carbons (Fsp3) is 0.333. The minimum Gasteiger partial charge on any atom is -0.334 e. The molecule has 0 spiro atoms. The maximum Gasteiger partial charge on any atom is 0.260 e. The standard InChI is InChI=1S/C12H14BrFN4O/c1-18(2)6-9(15)11-16-12(19-17-11)7-4-3-5-8(13)10(7)14/h3-5,9H,6,15H2,1-2H3. The zero-order valence-electron chi connectivity index (χ0n) is 10.6. The molecule has 0 amide bonds. The zero-order valence-corrected chi connectivity index (χ0v) is 12.2. The fourth-order valence-electron chi connectivity index (χ4n) is 1.64. The molecule has 0 aliphatic carbocycles. The Morgan fingerprint density at radius 3 is 2.89 bits per heavy atom. The van der Waals surface area contributed by atoms with Gasteiger partial charge < -0.3 is 15.2 Å². The first-order chi connectivity index (χ1) is 8.99. The number of halogens is 2. The van der Waals surface area contributed by atoms with Crippen LogP contribution in [0.2, 0.25) is 0 Å². The number of hydrogen-bond acceptors (Lipinski definition) is 5. The lowest BCUT2D eigenvalue weighted by atomic mass is 10.2. The van der Waals surface area contributed by atoms with Gasteiger partial charge in [0.05, 0.1) is 16.1 Å². The lowest BCUT2D eigenvalue weighted by molar-refractivity contribution is 0.357. The Labute approximate surface area is 118 Å². The quantitative estimate of drug-likeness (QED) is 0.931. The summed E-state index contributed by atoms with van der Waals surface area (Å²) in [5.41, 5.74) is 6.18. The Morgan fingerprint density at radius 1 is 1.47 bits per heavy atom. The zero-order chi connectivity index (χ0) is 14.0. The third-order valence-electron chi connectivity index (χ3n) is 2.52. The van der Waals surface area contributed by atoms with Crippen molar-refractivity contribution in [3.05, 3.63) is 34.3 Å². The molecule has 102 valence electrons. The molecule has 1 aromatic carbocycles. The Balaban J connectivity index is 2.28. The first-order valence-corrected chi connectivity index (χ1v) is 6.46. The summed E-state index contributed by atoms with van der Waals surface area (Å²) in [5.74, 6) is 0.0602. The highest BCUT2D eigenvalue weighted by molar-refractivity contribution is 9.10. The fourth-order valence-corrected chi connectivity index (χ4v) is 2.01. The first kappa shape index (κ1) is 14.1. The van der Waals surface area contributed by atoms with E-state index in [0.717, 1.165) is 0 Å².